The minimum Gasteiger partial charge on any atom is -0.367 e. The average Bonchev–Trinajstić information content (AvgIpc) is 2.82. The number of amides is 1. The van der Waals surface area contributed by atoms with Crippen LogP contribution in [0.5, 0.6) is 0 Å². The van der Waals surface area contributed by atoms with Gasteiger partial charge in [-0.05, 0) is 31.0 Å². The zero-order chi connectivity index (χ0) is 23.2. The van der Waals surface area contributed by atoms with Gasteiger partial charge in [-0.3, -0.25) is 4.79 Å². The van der Waals surface area contributed by atoms with Crippen LogP contribution >= 0.6 is 0 Å². The van der Waals surface area contributed by atoms with Crippen LogP contribution in [0, 0.1) is 19.7 Å². The Hall–Kier alpha value is -3.32. The first-order chi connectivity index (χ1) is 16.0. The van der Waals surface area contributed by atoms with E-state index in [0.717, 1.165) is 22.6 Å². The molecule has 0 atom stereocenters. The highest BCUT2D eigenvalue weighted by Gasteiger charge is 2.25. The number of aryl methyl sites for hydroxylation is 2. The number of carbonyl (C=O) groups excluding carboxylic acids is 1. The predicted molar refractivity (Wildman–Crippen MR) is 126 cm³/mol. The molecule has 0 aliphatic carbocycles. The number of aromatic nitrogens is 2. The van der Waals surface area contributed by atoms with E-state index in [9.17, 15) is 9.18 Å². The molecule has 1 amide bonds. The van der Waals surface area contributed by atoms with Gasteiger partial charge in [0, 0.05) is 43.9 Å². The Bertz CT molecular complexity index is 1100. The SMILES string of the molecule is Cc1nc(C)c(Cc2ccccc2F)c(N2CCN(C(=O)COCc3ccccc3)CC2)n1. The van der Waals surface area contributed by atoms with E-state index >= 15 is 0 Å². The maximum atomic E-state index is 14.3. The summed E-state index contributed by atoms with van der Waals surface area (Å²) in [6, 6.07) is 16.6. The Labute approximate surface area is 194 Å². The van der Waals surface area contributed by atoms with Gasteiger partial charge in [0.15, 0.2) is 0 Å². The number of hydrogen-bond acceptors (Lipinski definition) is 5. The van der Waals surface area contributed by atoms with Gasteiger partial charge in [-0.2, -0.15) is 0 Å². The van der Waals surface area contributed by atoms with Gasteiger partial charge in [-0.15, -0.1) is 0 Å². The Kier molecular flexibility index (Phi) is 7.29. The summed E-state index contributed by atoms with van der Waals surface area (Å²) in [4.78, 5) is 25.8. The third kappa shape index (κ3) is 5.73. The molecule has 2 heterocycles. The lowest BCUT2D eigenvalue weighted by Crippen LogP contribution is -2.50. The van der Waals surface area contributed by atoms with E-state index in [4.69, 9.17) is 9.72 Å². The van der Waals surface area contributed by atoms with Gasteiger partial charge in [-0.1, -0.05) is 48.5 Å². The molecule has 3 aromatic rings. The number of anilines is 1. The highest BCUT2D eigenvalue weighted by molar-refractivity contribution is 5.77. The summed E-state index contributed by atoms with van der Waals surface area (Å²) in [6.45, 7) is 6.80. The smallest absolute Gasteiger partial charge is 0.248 e. The van der Waals surface area contributed by atoms with Crippen molar-refractivity contribution < 1.29 is 13.9 Å². The third-order valence-electron chi connectivity index (χ3n) is 5.90. The molecule has 172 valence electrons. The third-order valence-corrected chi connectivity index (χ3v) is 5.90. The normalized spacial score (nSPS) is 13.9. The molecule has 1 saturated heterocycles. The number of piperazine rings is 1. The quantitative estimate of drug-likeness (QED) is 0.552. The second kappa shape index (κ2) is 10.5. The molecule has 4 rings (SSSR count). The number of nitrogens with zero attached hydrogens (tertiary/aromatic N) is 4. The van der Waals surface area contributed by atoms with E-state index in [1.807, 2.05) is 55.1 Å². The summed E-state index contributed by atoms with van der Waals surface area (Å²) in [7, 11) is 0. The van der Waals surface area contributed by atoms with Crippen LogP contribution in [0.3, 0.4) is 0 Å². The van der Waals surface area contributed by atoms with Gasteiger partial charge in [0.1, 0.15) is 24.1 Å². The summed E-state index contributed by atoms with van der Waals surface area (Å²) >= 11 is 0. The van der Waals surface area contributed by atoms with Crippen molar-refractivity contribution in [1.82, 2.24) is 14.9 Å². The first kappa shape index (κ1) is 22.9. The molecular formula is C26H29FN4O2. The van der Waals surface area contributed by atoms with E-state index in [1.165, 1.54) is 6.07 Å². The number of ether oxygens (including phenoxy) is 1. The van der Waals surface area contributed by atoms with Crippen molar-refractivity contribution in [3.05, 3.63) is 88.6 Å². The van der Waals surface area contributed by atoms with Crippen LogP contribution < -0.4 is 4.90 Å². The van der Waals surface area contributed by atoms with Crippen LogP contribution in [-0.4, -0.2) is 53.6 Å². The Balaban J connectivity index is 1.39. The molecule has 0 N–H and O–H groups in total. The molecule has 7 heteroatoms. The van der Waals surface area contributed by atoms with Crippen LogP contribution in [0.2, 0.25) is 0 Å². The van der Waals surface area contributed by atoms with Crippen LogP contribution in [0.1, 0.15) is 28.2 Å². The van der Waals surface area contributed by atoms with Gasteiger partial charge in [0.2, 0.25) is 5.91 Å². The fraction of sp³-hybridized carbons (Fsp3) is 0.346. The Morgan fingerprint density at radius 1 is 0.970 bits per heavy atom. The van der Waals surface area contributed by atoms with Crippen molar-refractivity contribution in [2.45, 2.75) is 26.9 Å². The van der Waals surface area contributed by atoms with Gasteiger partial charge < -0.3 is 14.5 Å². The van der Waals surface area contributed by atoms with Crippen LogP contribution in [0.15, 0.2) is 54.6 Å². The summed E-state index contributed by atoms with van der Waals surface area (Å²) in [5.41, 5.74) is 3.45. The van der Waals surface area contributed by atoms with E-state index in [2.05, 4.69) is 9.88 Å². The average molecular weight is 449 g/mol. The molecule has 1 aliphatic rings. The molecule has 0 bridgehead atoms. The predicted octanol–water partition coefficient (Wildman–Crippen LogP) is 3.69. The van der Waals surface area contributed by atoms with Gasteiger partial charge in [-0.25, -0.2) is 14.4 Å². The second-order valence-corrected chi connectivity index (χ2v) is 8.27. The van der Waals surface area contributed by atoms with E-state index in [1.54, 1.807) is 12.1 Å². The number of carbonyl (C=O) groups is 1. The highest BCUT2D eigenvalue weighted by Crippen LogP contribution is 2.26. The van der Waals surface area contributed by atoms with Gasteiger partial charge >= 0.3 is 0 Å². The summed E-state index contributed by atoms with van der Waals surface area (Å²) in [5, 5.41) is 0. The molecule has 33 heavy (non-hydrogen) atoms. The van der Waals surface area contributed by atoms with Crippen LogP contribution in [-0.2, 0) is 22.6 Å². The zero-order valence-electron chi connectivity index (χ0n) is 19.1. The molecular weight excluding hydrogens is 419 g/mol. The number of benzene rings is 2. The van der Waals surface area contributed by atoms with E-state index < -0.39 is 0 Å². The van der Waals surface area contributed by atoms with Crippen molar-refractivity contribution in [3.63, 3.8) is 0 Å². The Morgan fingerprint density at radius 3 is 2.39 bits per heavy atom. The van der Waals surface area contributed by atoms with Crippen molar-refractivity contribution >= 4 is 11.7 Å². The minimum atomic E-state index is -0.227. The standard InChI is InChI=1S/C26H29FN4O2/c1-19-23(16-22-10-6-7-11-24(22)27)26(29-20(2)28-19)31-14-12-30(13-15-31)25(32)18-33-17-21-8-4-3-5-9-21/h3-11H,12-18H2,1-2H3. The molecule has 0 radical (unpaired) electrons. The molecule has 6 nitrogen and oxygen atoms in total. The lowest BCUT2D eigenvalue weighted by Gasteiger charge is -2.36. The van der Waals surface area contributed by atoms with Crippen molar-refractivity contribution in [2.24, 2.45) is 0 Å². The maximum Gasteiger partial charge on any atom is 0.248 e. The van der Waals surface area contributed by atoms with Crippen molar-refractivity contribution in [2.75, 3.05) is 37.7 Å². The van der Waals surface area contributed by atoms with E-state index in [-0.39, 0.29) is 18.3 Å². The molecule has 1 aliphatic heterocycles. The van der Waals surface area contributed by atoms with Crippen LogP contribution in [0.4, 0.5) is 10.2 Å². The summed E-state index contributed by atoms with van der Waals surface area (Å²) in [5.74, 6) is 1.28. The molecule has 1 aromatic heterocycles. The lowest BCUT2D eigenvalue weighted by atomic mass is 10.0. The summed E-state index contributed by atoms with van der Waals surface area (Å²) < 4.78 is 19.9. The molecule has 2 aromatic carbocycles. The Morgan fingerprint density at radius 2 is 1.67 bits per heavy atom. The molecule has 0 unspecified atom stereocenters. The highest BCUT2D eigenvalue weighted by atomic mass is 19.1. The topological polar surface area (TPSA) is 58.6 Å². The van der Waals surface area contributed by atoms with Gasteiger partial charge in [0.25, 0.3) is 0 Å². The number of rotatable bonds is 7. The fourth-order valence-electron chi connectivity index (χ4n) is 4.11. The molecule has 0 spiro atoms. The van der Waals surface area contributed by atoms with Gasteiger partial charge in [0.05, 0.1) is 6.61 Å². The zero-order valence-corrected chi connectivity index (χ0v) is 19.1. The van der Waals surface area contributed by atoms with E-state index in [0.29, 0.717) is 50.6 Å². The minimum absolute atomic E-state index is 0.00721. The van der Waals surface area contributed by atoms with Crippen molar-refractivity contribution in [1.29, 1.82) is 0 Å². The lowest BCUT2D eigenvalue weighted by molar-refractivity contribution is -0.136. The fourth-order valence-corrected chi connectivity index (χ4v) is 4.11. The number of halogens is 1. The number of hydrogen-bond donors (Lipinski definition) is 0. The monoisotopic (exact) mass is 448 g/mol. The first-order valence-electron chi connectivity index (χ1n) is 11.2. The van der Waals surface area contributed by atoms with Crippen LogP contribution in [0.25, 0.3) is 0 Å². The summed E-state index contributed by atoms with van der Waals surface area (Å²) in [6.07, 6.45) is 0.431. The second-order valence-electron chi connectivity index (χ2n) is 8.27. The maximum absolute atomic E-state index is 14.3. The first-order valence-corrected chi connectivity index (χ1v) is 11.2. The van der Waals surface area contributed by atoms with Crippen molar-refractivity contribution in [3.8, 4) is 0 Å². The molecule has 1 fully saturated rings. The largest absolute Gasteiger partial charge is 0.367 e. The molecule has 0 saturated carbocycles.